The molecule has 1 N–H and O–H groups in total. The Bertz CT molecular complexity index is 739. The summed E-state index contributed by atoms with van der Waals surface area (Å²) in [7, 11) is 1.86. The van der Waals surface area contributed by atoms with E-state index in [1.165, 1.54) is 0 Å². The molecule has 0 radical (unpaired) electrons. The Labute approximate surface area is 140 Å². The molecule has 5 nitrogen and oxygen atoms in total. The van der Waals surface area contributed by atoms with Crippen LogP contribution in [0.1, 0.15) is 35.9 Å². The van der Waals surface area contributed by atoms with E-state index < -0.39 is 0 Å². The summed E-state index contributed by atoms with van der Waals surface area (Å²) in [6.07, 6.45) is 0.131. The smallest absolute Gasteiger partial charge is 0.235 e. The lowest BCUT2D eigenvalue weighted by Crippen LogP contribution is -2.15. The number of anilines is 1. The van der Waals surface area contributed by atoms with Crippen LogP contribution in [0.2, 0.25) is 0 Å². The first-order valence-electron chi connectivity index (χ1n) is 7.67. The summed E-state index contributed by atoms with van der Waals surface area (Å²) < 4.78 is 7.55. The third-order valence-electron chi connectivity index (χ3n) is 3.70. The zero-order chi connectivity index (χ0) is 16.6. The molecule has 1 aliphatic rings. The number of fused-ring (bicyclic) bond motifs is 1. The summed E-state index contributed by atoms with van der Waals surface area (Å²) in [4.78, 5) is 12.0. The minimum Gasteiger partial charge on any atom is -0.491 e. The number of rotatable bonds is 3. The summed E-state index contributed by atoms with van der Waals surface area (Å²) >= 11 is 1.62. The topological polar surface area (TPSA) is 56.2 Å². The number of aryl methyl sites for hydroxylation is 2. The molecule has 3 rings (SSSR count). The van der Waals surface area contributed by atoms with Gasteiger partial charge in [-0.15, -0.1) is 11.8 Å². The third kappa shape index (κ3) is 3.22. The van der Waals surface area contributed by atoms with Gasteiger partial charge in [0.15, 0.2) is 0 Å². The number of nitrogens with one attached hydrogen (secondary N) is 1. The maximum absolute atomic E-state index is 12.0. The van der Waals surface area contributed by atoms with Crippen LogP contribution in [0.3, 0.4) is 0 Å². The maximum atomic E-state index is 12.0. The Morgan fingerprint density at radius 1 is 1.43 bits per heavy atom. The van der Waals surface area contributed by atoms with Crippen molar-refractivity contribution in [2.45, 2.75) is 32.1 Å². The van der Waals surface area contributed by atoms with E-state index >= 15 is 0 Å². The highest BCUT2D eigenvalue weighted by molar-refractivity contribution is 8.00. The third-order valence-corrected chi connectivity index (χ3v) is 4.97. The fourth-order valence-electron chi connectivity index (χ4n) is 2.83. The molecule has 2 aromatic rings. The lowest BCUT2D eigenvalue weighted by Gasteiger charge is -2.17. The molecule has 0 saturated carbocycles. The van der Waals surface area contributed by atoms with Crippen molar-refractivity contribution in [3.63, 3.8) is 0 Å². The van der Waals surface area contributed by atoms with Crippen LogP contribution in [-0.2, 0) is 11.8 Å². The van der Waals surface area contributed by atoms with Gasteiger partial charge in [-0.25, -0.2) is 0 Å². The van der Waals surface area contributed by atoms with Crippen molar-refractivity contribution in [2.75, 3.05) is 11.1 Å². The van der Waals surface area contributed by atoms with Gasteiger partial charge in [0.05, 0.1) is 22.8 Å². The van der Waals surface area contributed by atoms with Gasteiger partial charge in [-0.2, -0.15) is 5.10 Å². The molecule has 6 heteroatoms. The predicted octanol–water partition coefficient (Wildman–Crippen LogP) is 3.29. The first-order valence-corrected chi connectivity index (χ1v) is 8.72. The second kappa shape index (κ2) is 6.28. The molecule has 1 aromatic heterocycles. The van der Waals surface area contributed by atoms with E-state index in [1.54, 1.807) is 16.4 Å². The van der Waals surface area contributed by atoms with Crippen LogP contribution in [0.25, 0.3) is 0 Å². The lowest BCUT2D eigenvalue weighted by atomic mass is 10.0. The number of hydrogen-bond donors (Lipinski definition) is 1. The molecule has 1 unspecified atom stereocenters. The van der Waals surface area contributed by atoms with E-state index in [4.69, 9.17) is 4.74 Å². The summed E-state index contributed by atoms with van der Waals surface area (Å²) in [6.45, 7) is 6.01. The standard InChI is InChI=1S/C17H21N3O2S/c1-10(2)22-13-7-5-6-12(8-13)16-15-11(3)19-20(4)17(15)18-14(21)9-23-16/h5-8,10,16H,9H2,1-4H3,(H,18,21). The first kappa shape index (κ1) is 15.9. The molecule has 1 amide bonds. The fourth-order valence-corrected chi connectivity index (χ4v) is 4.01. The van der Waals surface area contributed by atoms with E-state index in [0.717, 1.165) is 28.4 Å². The molecule has 23 heavy (non-hydrogen) atoms. The molecule has 1 aromatic carbocycles. The first-order chi connectivity index (χ1) is 11.0. The van der Waals surface area contributed by atoms with Crippen molar-refractivity contribution >= 4 is 23.5 Å². The van der Waals surface area contributed by atoms with E-state index in [0.29, 0.717) is 5.75 Å². The largest absolute Gasteiger partial charge is 0.491 e. The van der Waals surface area contributed by atoms with Gasteiger partial charge < -0.3 is 10.1 Å². The summed E-state index contributed by atoms with van der Waals surface area (Å²) in [5, 5.41) is 7.50. The maximum Gasteiger partial charge on any atom is 0.235 e. The molecule has 1 atom stereocenters. The van der Waals surface area contributed by atoms with Gasteiger partial charge in [0.2, 0.25) is 5.91 Å². The fraction of sp³-hybridized carbons (Fsp3) is 0.412. The monoisotopic (exact) mass is 331 g/mol. The average molecular weight is 331 g/mol. The van der Waals surface area contributed by atoms with Gasteiger partial charge >= 0.3 is 0 Å². The van der Waals surface area contributed by atoms with Crippen LogP contribution >= 0.6 is 11.8 Å². The SMILES string of the molecule is Cc1nn(C)c2c1C(c1cccc(OC(C)C)c1)SCC(=O)N2. The number of amides is 1. The van der Waals surface area contributed by atoms with Crippen LogP contribution in [0.5, 0.6) is 5.75 Å². The molecular weight excluding hydrogens is 310 g/mol. The number of aromatic nitrogens is 2. The molecular formula is C17H21N3O2S. The van der Waals surface area contributed by atoms with Crippen LogP contribution in [-0.4, -0.2) is 27.5 Å². The highest BCUT2D eigenvalue weighted by atomic mass is 32.2. The van der Waals surface area contributed by atoms with Gasteiger partial charge in [-0.3, -0.25) is 9.48 Å². The van der Waals surface area contributed by atoms with Crippen molar-refractivity contribution in [1.82, 2.24) is 9.78 Å². The Balaban J connectivity index is 2.04. The average Bonchev–Trinajstić information content (AvgIpc) is 2.66. The van der Waals surface area contributed by atoms with Gasteiger partial charge in [0.25, 0.3) is 0 Å². The molecule has 0 spiro atoms. The van der Waals surface area contributed by atoms with Crippen molar-refractivity contribution in [3.8, 4) is 5.75 Å². The minimum absolute atomic E-state index is 0.0105. The number of thioether (sulfide) groups is 1. The number of carbonyl (C=O) groups is 1. The second-order valence-corrected chi connectivity index (χ2v) is 7.04. The Kier molecular flexibility index (Phi) is 4.35. The number of hydrogen-bond acceptors (Lipinski definition) is 4. The van der Waals surface area contributed by atoms with E-state index in [9.17, 15) is 4.79 Å². The molecule has 0 fully saturated rings. The van der Waals surface area contributed by atoms with Crippen molar-refractivity contribution < 1.29 is 9.53 Å². The molecule has 0 saturated heterocycles. The summed E-state index contributed by atoms with van der Waals surface area (Å²) in [5.74, 6) is 2.08. The van der Waals surface area contributed by atoms with Crippen molar-refractivity contribution in [3.05, 3.63) is 41.1 Å². The zero-order valence-corrected chi connectivity index (χ0v) is 14.6. The highest BCUT2D eigenvalue weighted by Crippen LogP contribution is 2.43. The number of carbonyl (C=O) groups excluding carboxylic acids is 1. The van der Waals surface area contributed by atoms with E-state index in [1.807, 2.05) is 40.0 Å². The number of nitrogens with zero attached hydrogens (tertiary/aromatic N) is 2. The Morgan fingerprint density at radius 2 is 2.22 bits per heavy atom. The Hall–Kier alpha value is -1.95. The number of ether oxygens (including phenoxy) is 1. The zero-order valence-electron chi connectivity index (χ0n) is 13.8. The number of benzene rings is 1. The Morgan fingerprint density at radius 3 is 2.96 bits per heavy atom. The van der Waals surface area contributed by atoms with Gasteiger partial charge in [0, 0.05) is 12.6 Å². The quantitative estimate of drug-likeness (QED) is 0.938. The van der Waals surface area contributed by atoms with Gasteiger partial charge in [-0.05, 0) is 38.5 Å². The van der Waals surface area contributed by atoms with E-state index in [2.05, 4.69) is 22.5 Å². The van der Waals surface area contributed by atoms with E-state index in [-0.39, 0.29) is 17.3 Å². The van der Waals surface area contributed by atoms with Gasteiger partial charge in [-0.1, -0.05) is 12.1 Å². The molecule has 0 aliphatic carbocycles. The summed E-state index contributed by atoms with van der Waals surface area (Å²) in [5.41, 5.74) is 3.14. The van der Waals surface area contributed by atoms with Gasteiger partial charge in [0.1, 0.15) is 11.6 Å². The van der Waals surface area contributed by atoms with Crippen molar-refractivity contribution in [2.24, 2.45) is 7.05 Å². The van der Waals surface area contributed by atoms with Crippen molar-refractivity contribution in [1.29, 1.82) is 0 Å². The second-order valence-electron chi connectivity index (χ2n) is 5.95. The van der Waals surface area contributed by atoms with Crippen LogP contribution < -0.4 is 10.1 Å². The lowest BCUT2D eigenvalue weighted by molar-refractivity contribution is -0.113. The molecule has 122 valence electrons. The molecule has 0 bridgehead atoms. The minimum atomic E-state index is 0.0105. The summed E-state index contributed by atoms with van der Waals surface area (Å²) in [6, 6.07) is 8.10. The molecule has 2 heterocycles. The highest BCUT2D eigenvalue weighted by Gasteiger charge is 2.29. The van der Waals surface area contributed by atoms with Crippen LogP contribution in [0.15, 0.2) is 24.3 Å². The van der Waals surface area contributed by atoms with Crippen LogP contribution in [0.4, 0.5) is 5.82 Å². The normalized spacial score (nSPS) is 17.6. The molecule has 1 aliphatic heterocycles. The van der Waals surface area contributed by atoms with Crippen LogP contribution in [0, 0.1) is 6.92 Å². The predicted molar refractivity (Wildman–Crippen MR) is 93.1 cm³/mol.